The molecule has 0 aliphatic rings. The number of benzene rings is 2. The maximum absolute atomic E-state index is 4.74. The third-order valence-electron chi connectivity index (χ3n) is 3.33. The molecule has 0 spiro atoms. The summed E-state index contributed by atoms with van der Waals surface area (Å²) in [7, 11) is 1.92. The lowest BCUT2D eigenvalue weighted by Crippen LogP contribution is -1.90. The van der Waals surface area contributed by atoms with Crippen molar-refractivity contribution < 1.29 is 0 Å². The quantitative estimate of drug-likeness (QED) is 0.733. The second-order valence-electron chi connectivity index (χ2n) is 4.72. The Balaban J connectivity index is 2.12. The minimum absolute atomic E-state index is 1.01. The van der Waals surface area contributed by atoms with Gasteiger partial charge >= 0.3 is 0 Å². The highest BCUT2D eigenvalue weighted by Crippen LogP contribution is 2.23. The fourth-order valence-electron chi connectivity index (χ4n) is 2.16. The van der Waals surface area contributed by atoms with Gasteiger partial charge in [-0.25, -0.2) is 4.98 Å². The van der Waals surface area contributed by atoms with Crippen LogP contribution in [0.25, 0.3) is 22.2 Å². The number of aromatic nitrogens is 1. The van der Waals surface area contributed by atoms with Crippen molar-refractivity contribution in [3.63, 3.8) is 0 Å². The molecule has 0 aliphatic carbocycles. The summed E-state index contributed by atoms with van der Waals surface area (Å²) in [5.74, 6) is 0. The molecule has 3 aromatic rings. The summed E-state index contributed by atoms with van der Waals surface area (Å²) in [5.41, 5.74) is 5.54. The molecule has 1 N–H and O–H groups in total. The summed E-state index contributed by atoms with van der Waals surface area (Å²) in [6.07, 6.45) is 0. The molecule has 0 saturated carbocycles. The molecule has 1 heterocycles. The van der Waals surface area contributed by atoms with Gasteiger partial charge in [0.15, 0.2) is 0 Å². The number of nitrogens with zero attached hydrogens (tertiary/aromatic N) is 1. The van der Waals surface area contributed by atoms with Gasteiger partial charge in [0, 0.05) is 23.7 Å². The van der Waals surface area contributed by atoms with Gasteiger partial charge in [-0.3, -0.25) is 0 Å². The van der Waals surface area contributed by atoms with Crippen molar-refractivity contribution in [3.05, 3.63) is 60.2 Å². The molecule has 2 heteroatoms. The SMILES string of the molecule is CNc1ccc2ccc(-c3ccc(C)cc3)nc2c1. The lowest BCUT2D eigenvalue weighted by Gasteiger charge is -2.06. The highest BCUT2D eigenvalue weighted by atomic mass is 14.8. The van der Waals surface area contributed by atoms with Crippen LogP contribution in [0.4, 0.5) is 5.69 Å². The first-order valence-corrected chi connectivity index (χ1v) is 6.42. The van der Waals surface area contributed by atoms with Crippen molar-refractivity contribution in [2.75, 3.05) is 12.4 Å². The third kappa shape index (κ3) is 2.29. The minimum atomic E-state index is 1.01. The summed E-state index contributed by atoms with van der Waals surface area (Å²) in [5, 5.41) is 4.31. The van der Waals surface area contributed by atoms with Crippen molar-refractivity contribution in [2.24, 2.45) is 0 Å². The molecule has 0 radical (unpaired) electrons. The molecule has 0 amide bonds. The van der Waals surface area contributed by atoms with Gasteiger partial charge in [0.05, 0.1) is 11.2 Å². The van der Waals surface area contributed by atoms with E-state index in [1.807, 2.05) is 7.05 Å². The first-order chi connectivity index (χ1) is 9.26. The van der Waals surface area contributed by atoms with E-state index < -0.39 is 0 Å². The average molecular weight is 248 g/mol. The van der Waals surface area contributed by atoms with Crippen LogP contribution < -0.4 is 5.32 Å². The van der Waals surface area contributed by atoms with E-state index in [4.69, 9.17) is 4.98 Å². The third-order valence-corrected chi connectivity index (χ3v) is 3.33. The highest BCUT2D eigenvalue weighted by molar-refractivity contribution is 5.84. The predicted octanol–water partition coefficient (Wildman–Crippen LogP) is 4.25. The largest absolute Gasteiger partial charge is 0.388 e. The van der Waals surface area contributed by atoms with E-state index in [0.717, 1.165) is 27.8 Å². The van der Waals surface area contributed by atoms with Gasteiger partial charge in [-0.15, -0.1) is 0 Å². The van der Waals surface area contributed by atoms with Gasteiger partial charge in [-0.2, -0.15) is 0 Å². The summed E-state index contributed by atoms with van der Waals surface area (Å²) in [6.45, 7) is 2.09. The van der Waals surface area contributed by atoms with Crippen molar-refractivity contribution in [1.82, 2.24) is 4.98 Å². The second kappa shape index (κ2) is 4.73. The molecule has 3 rings (SSSR count). The lowest BCUT2D eigenvalue weighted by atomic mass is 10.1. The van der Waals surface area contributed by atoms with Crippen molar-refractivity contribution in [2.45, 2.75) is 6.92 Å². The molecule has 2 nitrogen and oxygen atoms in total. The Morgan fingerprint density at radius 3 is 2.37 bits per heavy atom. The number of hydrogen-bond acceptors (Lipinski definition) is 2. The topological polar surface area (TPSA) is 24.9 Å². The van der Waals surface area contributed by atoms with E-state index >= 15 is 0 Å². The first kappa shape index (κ1) is 11.7. The van der Waals surface area contributed by atoms with E-state index in [1.165, 1.54) is 5.56 Å². The maximum atomic E-state index is 4.74. The standard InChI is InChI=1S/C17H16N2/c1-12-3-5-13(6-4-12)16-10-8-14-7-9-15(18-2)11-17(14)19-16/h3-11,18H,1-2H3. The van der Waals surface area contributed by atoms with E-state index in [-0.39, 0.29) is 0 Å². The Labute approximate surface area is 113 Å². The van der Waals surface area contributed by atoms with Gasteiger partial charge in [-0.05, 0) is 25.1 Å². The summed E-state index contributed by atoms with van der Waals surface area (Å²) >= 11 is 0. The van der Waals surface area contributed by atoms with Crippen LogP contribution in [0.2, 0.25) is 0 Å². The lowest BCUT2D eigenvalue weighted by molar-refractivity contribution is 1.38. The Kier molecular flexibility index (Phi) is 2.92. The molecule has 0 saturated heterocycles. The van der Waals surface area contributed by atoms with Crippen LogP contribution in [-0.2, 0) is 0 Å². The number of aryl methyl sites for hydroxylation is 1. The Morgan fingerprint density at radius 2 is 1.63 bits per heavy atom. The molecule has 2 aromatic carbocycles. The zero-order chi connectivity index (χ0) is 13.2. The van der Waals surface area contributed by atoms with E-state index in [2.05, 4.69) is 66.8 Å². The Morgan fingerprint density at radius 1 is 0.895 bits per heavy atom. The fraction of sp³-hybridized carbons (Fsp3) is 0.118. The van der Waals surface area contributed by atoms with Gasteiger partial charge in [-0.1, -0.05) is 42.0 Å². The smallest absolute Gasteiger partial charge is 0.0730 e. The highest BCUT2D eigenvalue weighted by Gasteiger charge is 2.02. The molecule has 0 bridgehead atoms. The summed E-state index contributed by atoms with van der Waals surface area (Å²) in [6, 6.07) is 18.9. The monoisotopic (exact) mass is 248 g/mol. The molecule has 19 heavy (non-hydrogen) atoms. The van der Waals surface area contributed by atoms with Crippen LogP contribution in [0.1, 0.15) is 5.56 Å². The molecule has 94 valence electrons. The zero-order valence-electron chi connectivity index (χ0n) is 11.1. The zero-order valence-corrected chi connectivity index (χ0v) is 11.1. The Bertz CT molecular complexity index is 715. The van der Waals surface area contributed by atoms with Crippen LogP contribution in [-0.4, -0.2) is 12.0 Å². The Hall–Kier alpha value is -2.35. The van der Waals surface area contributed by atoms with Gasteiger partial charge in [0.1, 0.15) is 0 Å². The van der Waals surface area contributed by atoms with Crippen LogP contribution in [0.3, 0.4) is 0 Å². The molecule has 0 unspecified atom stereocenters. The maximum Gasteiger partial charge on any atom is 0.0730 e. The van der Waals surface area contributed by atoms with Crippen molar-refractivity contribution >= 4 is 16.6 Å². The normalized spacial score (nSPS) is 10.6. The van der Waals surface area contributed by atoms with E-state index in [9.17, 15) is 0 Å². The van der Waals surface area contributed by atoms with Crippen LogP contribution in [0.5, 0.6) is 0 Å². The van der Waals surface area contributed by atoms with Gasteiger partial charge in [0.2, 0.25) is 0 Å². The van der Waals surface area contributed by atoms with Crippen molar-refractivity contribution in [3.8, 4) is 11.3 Å². The first-order valence-electron chi connectivity index (χ1n) is 6.42. The van der Waals surface area contributed by atoms with Crippen molar-refractivity contribution in [1.29, 1.82) is 0 Å². The molecule has 0 fully saturated rings. The number of hydrogen-bond donors (Lipinski definition) is 1. The van der Waals surface area contributed by atoms with Crippen LogP contribution in [0, 0.1) is 6.92 Å². The van der Waals surface area contributed by atoms with Gasteiger partial charge in [0.25, 0.3) is 0 Å². The van der Waals surface area contributed by atoms with E-state index in [0.29, 0.717) is 0 Å². The summed E-state index contributed by atoms with van der Waals surface area (Å²) < 4.78 is 0. The molecular weight excluding hydrogens is 232 g/mol. The second-order valence-corrected chi connectivity index (χ2v) is 4.72. The predicted molar refractivity (Wildman–Crippen MR) is 81.5 cm³/mol. The van der Waals surface area contributed by atoms with Gasteiger partial charge < -0.3 is 5.32 Å². The van der Waals surface area contributed by atoms with Crippen LogP contribution >= 0.6 is 0 Å². The van der Waals surface area contributed by atoms with Crippen LogP contribution in [0.15, 0.2) is 54.6 Å². The average Bonchev–Trinajstić information content (AvgIpc) is 2.47. The minimum Gasteiger partial charge on any atom is -0.388 e. The molecular formula is C17H16N2. The molecule has 1 aromatic heterocycles. The molecule has 0 atom stereocenters. The number of anilines is 1. The fourth-order valence-corrected chi connectivity index (χ4v) is 2.16. The molecule has 0 aliphatic heterocycles. The number of nitrogens with one attached hydrogen (secondary N) is 1. The number of fused-ring (bicyclic) bond motifs is 1. The summed E-state index contributed by atoms with van der Waals surface area (Å²) in [4.78, 5) is 4.74. The number of rotatable bonds is 2. The van der Waals surface area contributed by atoms with E-state index in [1.54, 1.807) is 0 Å². The number of pyridine rings is 1.